The Morgan fingerprint density at radius 1 is 0.714 bits per heavy atom. The van der Waals surface area contributed by atoms with E-state index < -0.39 is 17.9 Å². The number of hydrogen-bond donors (Lipinski definition) is 2. The fourth-order valence-electron chi connectivity index (χ4n) is 4.98. The lowest BCUT2D eigenvalue weighted by Crippen LogP contribution is -2.28. The zero-order valence-electron chi connectivity index (χ0n) is 24.0. The summed E-state index contributed by atoms with van der Waals surface area (Å²) >= 11 is 0. The summed E-state index contributed by atoms with van der Waals surface area (Å²) in [6, 6.07) is 7.40. The van der Waals surface area contributed by atoms with Crippen molar-refractivity contribution in [3.8, 4) is 23.0 Å². The summed E-state index contributed by atoms with van der Waals surface area (Å²) in [5.41, 5.74) is 3.73. The fourth-order valence-corrected chi connectivity index (χ4v) is 4.98. The van der Waals surface area contributed by atoms with Gasteiger partial charge in [0.25, 0.3) is 0 Å². The topological polar surface area (TPSA) is 152 Å². The molecule has 2 N–H and O–H groups in total. The van der Waals surface area contributed by atoms with Crippen molar-refractivity contribution in [3.05, 3.63) is 46.5 Å². The summed E-state index contributed by atoms with van der Waals surface area (Å²) < 4.78 is 23.0. The number of carboxylic acid groups (broad SMARTS) is 2. The van der Waals surface area contributed by atoms with Gasteiger partial charge in [-0.25, -0.2) is 0 Å². The maximum atomic E-state index is 12.6. The van der Waals surface area contributed by atoms with Crippen LogP contribution in [0.15, 0.2) is 24.3 Å². The van der Waals surface area contributed by atoms with Gasteiger partial charge in [-0.2, -0.15) is 0 Å². The molecule has 2 aromatic rings. The third kappa shape index (κ3) is 7.23. The summed E-state index contributed by atoms with van der Waals surface area (Å²) in [4.78, 5) is 50.1. The molecule has 2 amide bonds. The Labute approximate surface area is 243 Å². The predicted molar refractivity (Wildman–Crippen MR) is 148 cm³/mol. The van der Waals surface area contributed by atoms with E-state index in [0.717, 1.165) is 22.3 Å². The molecular formula is C30H36N2O10. The quantitative estimate of drug-likeness (QED) is 0.317. The predicted octanol–water partition coefficient (Wildman–Crippen LogP) is 3.21. The van der Waals surface area contributed by atoms with E-state index in [1.807, 2.05) is 24.3 Å². The number of aliphatic carboxylic acids is 2. The van der Waals surface area contributed by atoms with Crippen LogP contribution in [0.3, 0.4) is 0 Å². The summed E-state index contributed by atoms with van der Waals surface area (Å²) in [6.07, 6.45) is 0.260. The minimum absolute atomic E-state index is 0.0404. The fraction of sp³-hybridized carbons (Fsp3) is 0.467. The zero-order chi connectivity index (χ0) is 30.4. The first-order valence-corrected chi connectivity index (χ1v) is 13.7. The standard InChI is InChI=1S/C30H36N2O10/c1-18(30(37)38)9-28(34)32-16-20-11-24(40-3)26(13-22(20)17-32)42-8-4-7-41-25-12-21-15-31(27(33)5-6-29(35)36)14-19(21)10-23(25)39-2/h10-13,18H,4-9,14-17H2,1-3H3,(H,35,36)(H,37,38). The lowest BCUT2D eigenvalue weighted by molar-refractivity contribution is -0.145. The van der Waals surface area contributed by atoms with Gasteiger partial charge in [-0.1, -0.05) is 6.92 Å². The Balaban J connectivity index is 1.29. The smallest absolute Gasteiger partial charge is 0.306 e. The van der Waals surface area contributed by atoms with Crippen molar-refractivity contribution in [3.63, 3.8) is 0 Å². The summed E-state index contributed by atoms with van der Waals surface area (Å²) in [5.74, 6) is -0.969. The van der Waals surface area contributed by atoms with Crippen molar-refractivity contribution >= 4 is 23.8 Å². The summed E-state index contributed by atoms with van der Waals surface area (Å²) in [5, 5.41) is 18.0. The van der Waals surface area contributed by atoms with Gasteiger partial charge in [0.15, 0.2) is 23.0 Å². The Hall–Kier alpha value is -4.48. The Morgan fingerprint density at radius 3 is 1.55 bits per heavy atom. The van der Waals surface area contributed by atoms with E-state index in [-0.39, 0.29) is 31.1 Å². The largest absolute Gasteiger partial charge is 0.493 e. The molecule has 0 aliphatic carbocycles. The van der Waals surface area contributed by atoms with Crippen molar-refractivity contribution in [2.45, 2.75) is 58.8 Å². The maximum absolute atomic E-state index is 12.6. The van der Waals surface area contributed by atoms with Crippen molar-refractivity contribution in [2.24, 2.45) is 5.92 Å². The molecule has 0 saturated heterocycles. The average molecular weight is 585 g/mol. The number of benzene rings is 2. The van der Waals surface area contributed by atoms with Crippen molar-refractivity contribution in [1.82, 2.24) is 9.80 Å². The van der Waals surface area contributed by atoms with Gasteiger partial charge in [-0.15, -0.1) is 0 Å². The van der Waals surface area contributed by atoms with Crippen LogP contribution in [-0.4, -0.2) is 71.2 Å². The molecule has 2 aliphatic heterocycles. The maximum Gasteiger partial charge on any atom is 0.306 e. The van der Waals surface area contributed by atoms with Crippen LogP contribution in [-0.2, 0) is 45.4 Å². The molecule has 1 atom stereocenters. The Kier molecular flexibility index (Phi) is 9.76. The van der Waals surface area contributed by atoms with E-state index in [2.05, 4.69) is 0 Å². The van der Waals surface area contributed by atoms with Crippen LogP contribution in [0.1, 0.15) is 54.9 Å². The number of hydrogen-bond acceptors (Lipinski definition) is 8. The first-order chi connectivity index (χ1) is 20.1. The van der Waals surface area contributed by atoms with Gasteiger partial charge >= 0.3 is 11.9 Å². The van der Waals surface area contributed by atoms with Gasteiger partial charge in [0.05, 0.1) is 39.8 Å². The Bertz CT molecular complexity index is 1360. The molecule has 2 aromatic carbocycles. The van der Waals surface area contributed by atoms with E-state index >= 15 is 0 Å². The molecular weight excluding hydrogens is 548 g/mol. The normalized spacial score (nSPS) is 14.2. The van der Waals surface area contributed by atoms with Crippen LogP contribution < -0.4 is 18.9 Å². The number of amides is 2. The SMILES string of the molecule is COc1cc2c(cc1OCCCOc1cc3c(cc1OC)CN(C(=O)CC(C)C(=O)O)C3)CN(C(=O)CCC(=O)O)C2. The molecule has 1 unspecified atom stereocenters. The number of nitrogens with zero attached hydrogens (tertiary/aromatic N) is 2. The lowest BCUT2D eigenvalue weighted by atomic mass is 10.1. The van der Waals surface area contributed by atoms with Crippen molar-refractivity contribution < 1.29 is 48.3 Å². The molecule has 0 bridgehead atoms. The van der Waals surface area contributed by atoms with Crippen LogP contribution >= 0.6 is 0 Å². The second-order valence-corrected chi connectivity index (χ2v) is 10.4. The number of fused-ring (bicyclic) bond motifs is 2. The van der Waals surface area contributed by atoms with Crippen molar-refractivity contribution in [1.29, 1.82) is 0 Å². The number of carbonyl (C=O) groups is 4. The highest BCUT2D eigenvalue weighted by molar-refractivity contribution is 5.83. The molecule has 4 rings (SSSR count). The third-order valence-electron chi connectivity index (χ3n) is 7.38. The molecule has 0 spiro atoms. The Morgan fingerprint density at radius 2 is 1.14 bits per heavy atom. The van der Waals surface area contributed by atoms with E-state index in [1.54, 1.807) is 24.0 Å². The van der Waals surface area contributed by atoms with E-state index in [1.165, 1.54) is 6.92 Å². The minimum atomic E-state index is -1.00. The highest BCUT2D eigenvalue weighted by Gasteiger charge is 2.28. The van der Waals surface area contributed by atoms with Gasteiger partial charge in [0.1, 0.15) is 0 Å². The van der Waals surface area contributed by atoms with E-state index in [9.17, 15) is 19.2 Å². The van der Waals surface area contributed by atoms with Crippen LogP contribution in [0.25, 0.3) is 0 Å². The molecule has 226 valence electrons. The summed E-state index contributed by atoms with van der Waals surface area (Å²) in [7, 11) is 3.09. The van der Waals surface area contributed by atoms with Gasteiger partial charge in [-0.3, -0.25) is 19.2 Å². The van der Waals surface area contributed by atoms with Crippen molar-refractivity contribution in [2.75, 3.05) is 27.4 Å². The van der Waals surface area contributed by atoms with Crippen LogP contribution in [0.5, 0.6) is 23.0 Å². The van der Waals surface area contributed by atoms with Crippen LogP contribution in [0, 0.1) is 5.92 Å². The molecule has 0 radical (unpaired) electrons. The molecule has 2 aliphatic rings. The van der Waals surface area contributed by atoms with Gasteiger partial charge in [-0.05, 0) is 46.5 Å². The number of carboxylic acids is 2. The third-order valence-corrected chi connectivity index (χ3v) is 7.38. The highest BCUT2D eigenvalue weighted by atomic mass is 16.5. The molecule has 0 saturated carbocycles. The number of carbonyl (C=O) groups excluding carboxylic acids is 2. The van der Waals surface area contributed by atoms with Gasteiger partial charge in [0.2, 0.25) is 11.8 Å². The molecule has 0 fully saturated rings. The molecule has 0 aromatic heterocycles. The molecule has 42 heavy (non-hydrogen) atoms. The highest BCUT2D eigenvalue weighted by Crippen LogP contribution is 2.37. The lowest BCUT2D eigenvalue weighted by Gasteiger charge is -2.16. The van der Waals surface area contributed by atoms with Gasteiger partial charge < -0.3 is 39.0 Å². The van der Waals surface area contributed by atoms with E-state index in [4.69, 9.17) is 29.2 Å². The second kappa shape index (κ2) is 13.5. The second-order valence-electron chi connectivity index (χ2n) is 10.4. The molecule has 12 nitrogen and oxygen atoms in total. The van der Waals surface area contributed by atoms with Crippen LogP contribution in [0.2, 0.25) is 0 Å². The van der Waals surface area contributed by atoms with Crippen LogP contribution in [0.4, 0.5) is 0 Å². The number of methoxy groups -OCH3 is 2. The monoisotopic (exact) mass is 584 g/mol. The van der Waals surface area contributed by atoms with Gasteiger partial charge in [0, 0.05) is 45.4 Å². The molecule has 12 heteroatoms. The first-order valence-electron chi connectivity index (χ1n) is 13.7. The average Bonchev–Trinajstić information content (AvgIpc) is 3.58. The first kappa shape index (κ1) is 30.5. The zero-order valence-corrected chi connectivity index (χ0v) is 24.0. The van der Waals surface area contributed by atoms with E-state index in [0.29, 0.717) is 68.8 Å². The molecule has 2 heterocycles. The minimum Gasteiger partial charge on any atom is -0.493 e. The summed E-state index contributed by atoms with van der Waals surface area (Å²) in [6.45, 7) is 3.75. The number of rotatable bonds is 14. The number of ether oxygens (including phenoxy) is 4.